The van der Waals surface area contributed by atoms with Crippen LogP contribution in [0.1, 0.15) is 49.9 Å². The predicted octanol–water partition coefficient (Wildman–Crippen LogP) is 32.4. The molecule has 21 aromatic carbocycles. The minimum Gasteiger partial charge on any atom is -0.455 e. The summed E-state index contributed by atoms with van der Waals surface area (Å²) >= 11 is 0. The van der Waals surface area contributed by atoms with Crippen LogP contribution in [0, 0.1) is 0 Å². The van der Waals surface area contributed by atoms with E-state index in [-0.39, 0.29) is 10.8 Å². The molecule has 1 heteroatoms. The zero-order valence-corrected chi connectivity index (χ0v) is 65.5. The zero-order chi connectivity index (χ0) is 77.8. The predicted molar refractivity (Wildman–Crippen MR) is 499 cm³/mol. The largest absolute Gasteiger partial charge is 0.455 e. The van der Waals surface area contributed by atoms with Crippen molar-refractivity contribution in [3.05, 3.63) is 423 Å². The third-order valence-electron chi connectivity index (χ3n) is 26.0. The maximum atomic E-state index is 6.50. The highest BCUT2D eigenvalue weighted by Crippen LogP contribution is 2.60. The summed E-state index contributed by atoms with van der Waals surface area (Å²) in [5.74, 6) is 0. The quantitative estimate of drug-likeness (QED) is 0.109. The fourth-order valence-electron chi connectivity index (χ4n) is 21.2. The van der Waals surface area contributed by atoms with Crippen molar-refractivity contribution >= 4 is 108 Å². The molecular weight excluding hydrogens is 1410 g/mol. The molecule has 0 bridgehead atoms. The average Bonchev–Trinajstić information content (AvgIpc) is 1.54. The summed E-state index contributed by atoms with van der Waals surface area (Å²) < 4.78 is 6.50. The van der Waals surface area contributed by atoms with Crippen LogP contribution in [0.3, 0.4) is 0 Å². The Morgan fingerprint density at radius 2 is 0.419 bits per heavy atom. The number of fused-ring (bicyclic) bond motifs is 23. The van der Waals surface area contributed by atoms with Gasteiger partial charge in [0.15, 0.2) is 0 Å². The van der Waals surface area contributed by atoms with Crippen molar-refractivity contribution in [2.75, 3.05) is 0 Å². The van der Waals surface area contributed by atoms with E-state index in [9.17, 15) is 0 Å². The van der Waals surface area contributed by atoms with Gasteiger partial charge in [0, 0.05) is 27.2 Å². The SMILES string of the molecule is CC1(C)c2c(-c3ccc(-c4c5ccccc5c(-c5cccc(-c6cccc7c6oc6ccccc67)c5)c5ccccc45)cc3)cccc2-c2c1c1ccccc1c1ccccc21.CC1(C)c2c(-c3ccc(-c4c5ccccc5c(-c5cccc(-c6ccccc6)c5)c5ccccc45)cc3)cccc2-c2c1c1ccccc1c1ccccc21. The van der Waals surface area contributed by atoms with E-state index in [2.05, 4.69) is 422 Å². The summed E-state index contributed by atoms with van der Waals surface area (Å²) in [5, 5.41) is 23.0. The van der Waals surface area contributed by atoms with Gasteiger partial charge in [-0.2, -0.15) is 0 Å². The van der Waals surface area contributed by atoms with E-state index < -0.39 is 0 Å². The number of hydrogen-bond acceptors (Lipinski definition) is 1. The molecule has 22 aromatic rings. The van der Waals surface area contributed by atoms with E-state index in [0.717, 1.165) is 33.1 Å². The third-order valence-corrected chi connectivity index (χ3v) is 26.0. The molecular formula is C116H78O. The van der Waals surface area contributed by atoms with Crippen LogP contribution >= 0.6 is 0 Å². The van der Waals surface area contributed by atoms with Gasteiger partial charge < -0.3 is 4.42 Å². The molecule has 1 aromatic heterocycles. The van der Waals surface area contributed by atoms with Crippen molar-refractivity contribution in [3.63, 3.8) is 0 Å². The molecule has 0 fully saturated rings. The minimum atomic E-state index is -0.193. The van der Waals surface area contributed by atoms with E-state index >= 15 is 0 Å². The maximum absolute atomic E-state index is 6.50. The summed E-state index contributed by atoms with van der Waals surface area (Å²) in [7, 11) is 0. The van der Waals surface area contributed by atoms with Gasteiger partial charge in [0.1, 0.15) is 11.2 Å². The summed E-state index contributed by atoms with van der Waals surface area (Å²) in [6, 6.07) is 148. The maximum Gasteiger partial charge on any atom is 0.143 e. The Kier molecular flexibility index (Phi) is 15.5. The van der Waals surface area contributed by atoms with Crippen molar-refractivity contribution in [2.45, 2.75) is 38.5 Å². The van der Waals surface area contributed by atoms with Crippen LogP contribution in [0.15, 0.2) is 405 Å². The molecule has 0 unspecified atom stereocenters. The standard InChI is InChI=1S/C61H40O.C55H38/c1-61(2)58-41(27-14-30-53(58)57-46-21-5-3-18-43(46)44-19-4-10-26-51(44)59(57)61)37-32-34-38(35-33-37)55-47-22-6-8-24-49(47)56(50-25-9-7-23-48(50)55)40-17-13-16-39(36-40)42-28-15-29-52-45-20-11-12-31-54(45)62-60(42)52;1-55(2)53-40(28-15-29-49(53)52-43-22-8-6-20-41(43)42-21-7-13-27-48(42)54(52)55)36-30-32-37(33-31-36)50-44-23-9-11-25-46(44)51(47-26-12-10-24-45(47)50)39-19-14-18-38(34-39)35-16-4-3-5-17-35/h3-36H,1-2H3;3-34H,1-2H3. The number of hydrogen-bond donors (Lipinski definition) is 0. The first-order chi connectivity index (χ1) is 57.6. The summed E-state index contributed by atoms with van der Waals surface area (Å²) in [4.78, 5) is 0. The van der Waals surface area contributed by atoms with Crippen molar-refractivity contribution in [3.8, 4) is 111 Å². The lowest BCUT2D eigenvalue weighted by Gasteiger charge is -2.26. The van der Waals surface area contributed by atoms with Gasteiger partial charge in [0.25, 0.3) is 0 Å². The first kappa shape index (κ1) is 68.1. The fraction of sp³-hybridized carbons (Fsp3) is 0.0517. The van der Waals surface area contributed by atoms with E-state index in [1.807, 2.05) is 6.07 Å². The van der Waals surface area contributed by atoms with Gasteiger partial charge >= 0.3 is 0 Å². The molecule has 0 spiro atoms. The molecule has 2 aliphatic carbocycles. The minimum absolute atomic E-state index is 0.177. The smallest absolute Gasteiger partial charge is 0.143 e. The van der Waals surface area contributed by atoms with Gasteiger partial charge in [-0.05, 0) is 232 Å². The number of benzene rings is 21. The van der Waals surface area contributed by atoms with E-state index in [0.29, 0.717) is 0 Å². The van der Waals surface area contributed by atoms with Gasteiger partial charge in [-0.1, -0.05) is 410 Å². The molecule has 0 amide bonds. The molecule has 1 heterocycles. The summed E-state index contributed by atoms with van der Waals surface area (Å²) in [6.45, 7) is 9.69. The lowest BCUT2D eigenvalue weighted by molar-refractivity contribution is 0.668. The van der Waals surface area contributed by atoms with Crippen LogP contribution < -0.4 is 0 Å². The Labute approximate surface area is 680 Å². The van der Waals surface area contributed by atoms with Crippen LogP contribution in [0.25, 0.3) is 219 Å². The van der Waals surface area contributed by atoms with Gasteiger partial charge in [0.2, 0.25) is 0 Å². The average molecular weight is 1490 g/mol. The highest BCUT2D eigenvalue weighted by molar-refractivity contribution is 6.25. The van der Waals surface area contributed by atoms with Crippen LogP contribution in [0.4, 0.5) is 0 Å². The van der Waals surface area contributed by atoms with Crippen LogP contribution in [0.2, 0.25) is 0 Å². The van der Waals surface area contributed by atoms with Gasteiger partial charge in [-0.15, -0.1) is 0 Å². The Hall–Kier alpha value is -14.5. The summed E-state index contributed by atoms with van der Waals surface area (Å²) in [5.41, 5.74) is 32.4. The molecule has 0 radical (unpaired) electrons. The molecule has 24 rings (SSSR count). The Morgan fingerprint density at radius 3 is 0.838 bits per heavy atom. The van der Waals surface area contributed by atoms with Crippen LogP contribution in [-0.2, 0) is 10.8 Å². The number of furan rings is 1. The molecule has 0 saturated heterocycles. The van der Waals surface area contributed by atoms with Crippen molar-refractivity contribution in [2.24, 2.45) is 0 Å². The number of para-hydroxylation sites is 2. The van der Waals surface area contributed by atoms with Crippen molar-refractivity contribution in [1.82, 2.24) is 0 Å². The monoisotopic (exact) mass is 1490 g/mol. The van der Waals surface area contributed by atoms with Crippen molar-refractivity contribution < 1.29 is 4.42 Å². The Morgan fingerprint density at radius 1 is 0.154 bits per heavy atom. The molecule has 0 saturated carbocycles. The molecule has 0 atom stereocenters. The van der Waals surface area contributed by atoms with Gasteiger partial charge in [-0.3, -0.25) is 0 Å². The van der Waals surface area contributed by atoms with E-state index in [1.165, 1.54) is 209 Å². The Bertz CT molecular complexity index is 7790. The van der Waals surface area contributed by atoms with Gasteiger partial charge in [0.05, 0.1) is 0 Å². The van der Waals surface area contributed by atoms with E-state index in [1.54, 1.807) is 0 Å². The lowest BCUT2D eigenvalue weighted by atomic mass is 9.76. The topological polar surface area (TPSA) is 13.1 Å². The molecule has 2 aliphatic rings. The van der Waals surface area contributed by atoms with Gasteiger partial charge in [-0.25, -0.2) is 0 Å². The number of rotatable bonds is 8. The molecule has 1 nitrogen and oxygen atoms in total. The highest BCUT2D eigenvalue weighted by atomic mass is 16.3. The highest BCUT2D eigenvalue weighted by Gasteiger charge is 2.42. The lowest BCUT2D eigenvalue weighted by Crippen LogP contribution is -2.17. The normalized spacial score (nSPS) is 13.1. The van der Waals surface area contributed by atoms with Crippen LogP contribution in [-0.4, -0.2) is 0 Å². The second-order valence-corrected chi connectivity index (χ2v) is 33.0. The molecule has 0 aliphatic heterocycles. The second kappa shape index (κ2) is 26.6. The molecule has 117 heavy (non-hydrogen) atoms. The molecule has 0 N–H and O–H groups in total. The third kappa shape index (κ3) is 10.4. The zero-order valence-electron chi connectivity index (χ0n) is 65.5. The van der Waals surface area contributed by atoms with Crippen molar-refractivity contribution in [1.29, 1.82) is 0 Å². The first-order valence-electron chi connectivity index (χ1n) is 41.0. The van der Waals surface area contributed by atoms with E-state index in [4.69, 9.17) is 4.42 Å². The first-order valence-corrected chi connectivity index (χ1v) is 41.0. The second-order valence-electron chi connectivity index (χ2n) is 33.0. The molecule has 548 valence electrons. The fourth-order valence-corrected chi connectivity index (χ4v) is 21.2. The van der Waals surface area contributed by atoms with Crippen LogP contribution in [0.5, 0.6) is 0 Å². The summed E-state index contributed by atoms with van der Waals surface area (Å²) in [6.07, 6.45) is 0. The Balaban J connectivity index is 0.000000139.